The molecular formula is C14H14FN5O3. The molecule has 1 fully saturated rings. The fourth-order valence-corrected chi connectivity index (χ4v) is 2.50. The van der Waals surface area contributed by atoms with Crippen molar-refractivity contribution in [2.75, 3.05) is 0 Å². The molecule has 1 aliphatic rings. The summed E-state index contributed by atoms with van der Waals surface area (Å²) in [7, 11) is 0. The molecule has 8 nitrogen and oxygen atoms in total. The zero-order chi connectivity index (χ0) is 16.6. The number of primary amides is 1. The number of carbonyl (C=O) groups is 2. The van der Waals surface area contributed by atoms with Gasteiger partial charge in [-0.05, 0) is 24.6 Å². The SMILES string of the molecule is CC(C(N)=O)C1OC(=O)N(F)C1c1ccc(-n2ccnn2)cc1. The van der Waals surface area contributed by atoms with Gasteiger partial charge in [0.1, 0.15) is 12.1 Å². The molecular weight excluding hydrogens is 305 g/mol. The largest absolute Gasteiger partial charge is 0.441 e. The first-order valence-corrected chi connectivity index (χ1v) is 6.90. The summed E-state index contributed by atoms with van der Waals surface area (Å²) in [6, 6.07) is 5.64. The van der Waals surface area contributed by atoms with Crippen LogP contribution in [0, 0.1) is 5.92 Å². The summed E-state index contributed by atoms with van der Waals surface area (Å²) in [4.78, 5) is 22.9. The summed E-state index contributed by atoms with van der Waals surface area (Å²) in [5.41, 5.74) is 6.46. The lowest BCUT2D eigenvalue weighted by molar-refractivity contribution is -0.124. The van der Waals surface area contributed by atoms with E-state index in [1.54, 1.807) is 30.5 Å². The predicted molar refractivity (Wildman–Crippen MR) is 75.7 cm³/mol. The molecule has 1 aromatic heterocycles. The summed E-state index contributed by atoms with van der Waals surface area (Å²) >= 11 is 0. The van der Waals surface area contributed by atoms with Gasteiger partial charge in [0.05, 0.1) is 24.0 Å². The van der Waals surface area contributed by atoms with Gasteiger partial charge in [-0.25, -0.2) is 9.48 Å². The topological polar surface area (TPSA) is 103 Å². The first-order chi connectivity index (χ1) is 11.0. The number of nitrogens with zero attached hydrogens (tertiary/aromatic N) is 4. The molecule has 2 N–H and O–H groups in total. The molecule has 2 aromatic rings. The Bertz CT molecular complexity index is 719. The fraction of sp³-hybridized carbons (Fsp3) is 0.286. The highest BCUT2D eigenvalue weighted by atomic mass is 19.2. The van der Waals surface area contributed by atoms with Crippen molar-refractivity contribution in [3.05, 3.63) is 42.2 Å². The number of ether oxygens (including phenoxy) is 1. The summed E-state index contributed by atoms with van der Waals surface area (Å²) < 4.78 is 20.6. The van der Waals surface area contributed by atoms with Crippen LogP contribution in [0.1, 0.15) is 18.5 Å². The maximum Gasteiger partial charge on any atom is 0.439 e. The van der Waals surface area contributed by atoms with Gasteiger partial charge in [0.15, 0.2) is 0 Å². The summed E-state index contributed by atoms with van der Waals surface area (Å²) in [6.45, 7) is 1.50. The number of amides is 2. The Labute approximate surface area is 130 Å². The maximum atomic E-state index is 14.1. The van der Waals surface area contributed by atoms with Crippen LogP contribution in [0.15, 0.2) is 36.7 Å². The Balaban J connectivity index is 1.91. The van der Waals surface area contributed by atoms with Gasteiger partial charge in [-0.1, -0.05) is 21.8 Å². The third-order valence-electron chi connectivity index (χ3n) is 3.83. The number of aromatic nitrogens is 3. The van der Waals surface area contributed by atoms with Crippen LogP contribution < -0.4 is 5.73 Å². The van der Waals surface area contributed by atoms with Gasteiger partial charge in [0, 0.05) is 0 Å². The van der Waals surface area contributed by atoms with E-state index in [1.165, 1.54) is 17.8 Å². The molecule has 3 unspecified atom stereocenters. The van der Waals surface area contributed by atoms with Crippen LogP contribution in [0.25, 0.3) is 5.69 Å². The number of hydrogen-bond acceptors (Lipinski definition) is 5. The summed E-state index contributed by atoms with van der Waals surface area (Å²) in [6.07, 6.45) is 1.08. The number of rotatable bonds is 4. The minimum Gasteiger partial charge on any atom is -0.441 e. The average Bonchev–Trinajstić information content (AvgIpc) is 3.16. The van der Waals surface area contributed by atoms with Crippen molar-refractivity contribution in [1.29, 1.82) is 0 Å². The molecule has 3 rings (SSSR count). The molecule has 23 heavy (non-hydrogen) atoms. The Morgan fingerprint density at radius 2 is 2.09 bits per heavy atom. The standard InChI is InChI=1S/C14H14FN5O3/c1-8(13(16)21)12-11(20(15)14(22)23-12)9-2-4-10(5-3-9)19-7-6-17-18-19/h2-8,11-12H,1H3,(H2,16,21). The van der Waals surface area contributed by atoms with Crippen molar-refractivity contribution in [3.8, 4) is 5.69 Å². The second-order valence-corrected chi connectivity index (χ2v) is 5.23. The van der Waals surface area contributed by atoms with Crippen molar-refractivity contribution in [2.24, 2.45) is 11.7 Å². The van der Waals surface area contributed by atoms with Crippen molar-refractivity contribution in [3.63, 3.8) is 0 Å². The molecule has 0 bridgehead atoms. The Morgan fingerprint density at radius 3 is 2.65 bits per heavy atom. The van der Waals surface area contributed by atoms with E-state index < -0.39 is 30.1 Å². The minimum absolute atomic E-state index is 0.0193. The number of halogens is 1. The van der Waals surface area contributed by atoms with Gasteiger partial charge in [-0.15, -0.1) is 10.2 Å². The molecule has 0 saturated carbocycles. The minimum atomic E-state index is -1.13. The normalized spacial score (nSPS) is 22.0. The van der Waals surface area contributed by atoms with Crippen LogP contribution in [-0.2, 0) is 9.53 Å². The van der Waals surface area contributed by atoms with E-state index in [9.17, 15) is 14.1 Å². The van der Waals surface area contributed by atoms with E-state index >= 15 is 0 Å². The van der Waals surface area contributed by atoms with E-state index in [4.69, 9.17) is 10.5 Å². The third-order valence-corrected chi connectivity index (χ3v) is 3.83. The van der Waals surface area contributed by atoms with Crippen LogP contribution in [0.4, 0.5) is 9.28 Å². The molecule has 2 heterocycles. The van der Waals surface area contributed by atoms with E-state index in [0.717, 1.165) is 5.69 Å². The zero-order valence-electron chi connectivity index (χ0n) is 12.2. The molecule has 1 aliphatic heterocycles. The van der Waals surface area contributed by atoms with Crippen LogP contribution in [0.2, 0.25) is 0 Å². The number of carbonyl (C=O) groups excluding carboxylic acids is 2. The van der Waals surface area contributed by atoms with Gasteiger partial charge in [0.2, 0.25) is 5.91 Å². The van der Waals surface area contributed by atoms with Crippen LogP contribution in [0.5, 0.6) is 0 Å². The second-order valence-electron chi connectivity index (χ2n) is 5.23. The number of nitrogens with two attached hydrogens (primary N) is 1. The smallest absolute Gasteiger partial charge is 0.439 e. The fourth-order valence-electron chi connectivity index (χ4n) is 2.50. The quantitative estimate of drug-likeness (QED) is 0.851. The first-order valence-electron chi connectivity index (χ1n) is 6.90. The van der Waals surface area contributed by atoms with Gasteiger partial charge in [-0.3, -0.25) is 4.79 Å². The molecule has 0 spiro atoms. The Hall–Kier alpha value is -2.97. The lowest BCUT2D eigenvalue weighted by atomic mass is 9.92. The van der Waals surface area contributed by atoms with E-state index in [1.807, 2.05) is 0 Å². The van der Waals surface area contributed by atoms with Crippen molar-refractivity contribution in [2.45, 2.75) is 19.1 Å². The number of benzene rings is 1. The maximum absolute atomic E-state index is 14.1. The van der Waals surface area contributed by atoms with E-state index in [0.29, 0.717) is 5.56 Å². The summed E-state index contributed by atoms with van der Waals surface area (Å²) in [5, 5.41) is 7.53. The molecule has 2 amide bonds. The van der Waals surface area contributed by atoms with Gasteiger partial charge in [-0.2, -0.15) is 0 Å². The molecule has 1 saturated heterocycles. The Morgan fingerprint density at radius 1 is 1.39 bits per heavy atom. The first kappa shape index (κ1) is 14.9. The van der Waals surface area contributed by atoms with E-state index in [2.05, 4.69) is 10.3 Å². The second kappa shape index (κ2) is 5.67. The number of cyclic esters (lactones) is 1. The lowest BCUT2D eigenvalue weighted by Crippen LogP contribution is -2.35. The number of hydrogen-bond donors (Lipinski definition) is 1. The highest BCUT2D eigenvalue weighted by Gasteiger charge is 2.47. The molecule has 120 valence electrons. The van der Waals surface area contributed by atoms with Crippen molar-refractivity contribution < 1.29 is 18.8 Å². The van der Waals surface area contributed by atoms with E-state index in [-0.39, 0.29) is 5.12 Å². The van der Waals surface area contributed by atoms with Crippen molar-refractivity contribution in [1.82, 2.24) is 20.1 Å². The monoisotopic (exact) mass is 319 g/mol. The Kier molecular flexibility index (Phi) is 3.68. The van der Waals surface area contributed by atoms with Crippen molar-refractivity contribution >= 4 is 12.0 Å². The molecule has 0 radical (unpaired) electrons. The highest BCUT2D eigenvalue weighted by molar-refractivity contribution is 5.79. The van der Waals surface area contributed by atoms with Gasteiger partial charge >= 0.3 is 6.09 Å². The van der Waals surface area contributed by atoms with Gasteiger partial charge < -0.3 is 10.5 Å². The van der Waals surface area contributed by atoms with Crippen LogP contribution >= 0.6 is 0 Å². The highest BCUT2D eigenvalue weighted by Crippen LogP contribution is 2.37. The summed E-state index contributed by atoms with van der Waals surface area (Å²) in [5.74, 6) is -1.48. The van der Waals surface area contributed by atoms with Gasteiger partial charge in [0.25, 0.3) is 0 Å². The predicted octanol–water partition coefficient (Wildman–Crippen LogP) is 1.14. The molecule has 0 aliphatic carbocycles. The molecule has 9 heteroatoms. The van der Waals surface area contributed by atoms with Crippen LogP contribution in [0.3, 0.4) is 0 Å². The average molecular weight is 319 g/mol. The lowest BCUT2D eigenvalue weighted by Gasteiger charge is -2.22. The third kappa shape index (κ3) is 2.60. The van der Waals surface area contributed by atoms with Crippen LogP contribution in [-0.4, -0.2) is 38.2 Å². The zero-order valence-corrected chi connectivity index (χ0v) is 12.2. The molecule has 1 aromatic carbocycles. The molecule has 3 atom stereocenters.